The summed E-state index contributed by atoms with van der Waals surface area (Å²) in [4.78, 5) is 13.1. The molecule has 0 aromatic heterocycles. The van der Waals surface area contributed by atoms with Gasteiger partial charge in [0.2, 0.25) is 0 Å². The zero-order valence-electron chi connectivity index (χ0n) is 16.2. The predicted molar refractivity (Wildman–Crippen MR) is 120 cm³/mol. The largest absolute Gasteiger partial charge is 0.457 e. The molecule has 4 aromatic carbocycles. The van der Waals surface area contributed by atoms with Crippen LogP contribution in [0.4, 0.5) is 5.69 Å². The van der Waals surface area contributed by atoms with Gasteiger partial charge in [-0.25, -0.2) is 0 Å². The fourth-order valence-electron chi connectivity index (χ4n) is 2.93. The van der Waals surface area contributed by atoms with Crippen LogP contribution in [0.3, 0.4) is 0 Å². The summed E-state index contributed by atoms with van der Waals surface area (Å²) < 4.78 is 5.92. The molecular weight excluding hydrogens is 370 g/mol. The highest BCUT2D eigenvalue weighted by molar-refractivity contribution is 6.10. The average molecular weight is 389 g/mol. The second-order valence-corrected chi connectivity index (χ2v) is 6.69. The second kappa shape index (κ2) is 8.81. The van der Waals surface area contributed by atoms with Crippen molar-refractivity contribution < 1.29 is 9.53 Å². The SMILES string of the molecule is Nc1ccc(Oc2ccccc2C(=O)c2ccc(C#Cc3ccccc3)cc2)cc1. The Balaban J connectivity index is 1.55. The van der Waals surface area contributed by atoms with Crippen molar-refractivity contribution in [2.75, 3.05) is 5.73 Å². The minimum atomic E-state index is -0.108. The average Bonchev–Trinajstić information content (AvgIpc) is 2.80. The monoisotopic (exact) mass is 389 g/mol. The number of nitrogen functional groups attached to an aromatic ring is 1. The summed E-state index contributed by atoms with van der Waals surface area (Å²) in [6.07, 6.45) is 0. The van der Waals surface area contributed by atoms with E-state index in [0.29, 0.717) is 28.3 Å². The molecule has 3 nitrogen and oxygen atoms in total. The highest BCUT2D eigenvalue weighted by Gasteiger charge is 2.15. The van der Waals surface area contributed by atoms with Gasteiger partial charge in [0.1, 0.15) is 11.5 Å². The Bertz CT molecular complexity index is 1220. The maximum atomic E-state index is 13.1. The Kier molecular flexibility index (Phi) is 5.59. The quantitative estimate of drug-likeness (QED) is 0.277. The van der Waals surface area contributed by atoms with Crippen LogP contribution in [0.2, 0.25) is 0 Å². The summed E-state index contributed by atoms with van der Waals surface area (Å²) >= 11 is 0. The van der Waals surface area contributed by atoms with Crippen molar-refractivity contribution in [1.29, 1.82) is 0 Å². The van der Waals surface area contributed by atoms with E-state index in [0.717, 1.165) is 11.1 Å². The van der Waals surface area contributed by atoms with Crippen molar-refractivity contribution in [3.8, 4) is 23.3 Å². The number of anilines is 1. The molecule has 0 spiro atoms. The molecule has 0 fully saturated rings. The van der Waals surface area contributed by atoms with Crippen molar-refractivity contribution >= 4 is 11.5 Å². The number of hydrogen-bond acceptors (Lipinski definition) is 3. The lowest BCUT2D eigenvalue weighted by Crippen LogP contribution is -2.03. The minimum Gasteiger partial charge on any atom is -0.457 e. The van der Waals surface area contributed by atoms with E-state index in [1.165, 1.54) is 0 Å². The fourth-order valence-corrected chi connectivity index (χ4v) is 2.93. The molecule has 30 heavy (non-hydrogen) atoms. The van der Waals surface area contributed by atoms with Crippen LogP contribution < -0.4 is 10.5 Å². The van der Waals surface area contributed by atoms with Crippen molar-refractivity contribution in [1.82, 2.24) is 0 Å². The smallest absolute Gasteiger partial charge is 0.196 e. The van der Waals surface area contributed by atoms with Gasteiger partial charge in [0.15, 0.2) is 5.78 Å². The van der Waals surface area contributed by atoms with E-state index in [2.05, 4.69) is 11.8 Å². The number of para-hydroxylation sites is 1. The predicted octanol–water partition coefficient (Wildman–Crippen LogP) is 5.69. The van der Waals surface area contributed by atoms with Gasteiger partial charge in [-0.1, -0.05) is 42.2 Å². The molecule has 2 N–H and O–H groups in total. The van der Waals surface area contributed by atoms with Gasteiger partial charge in [0, 0.05) is 22.4 Å². The van der Waals surface area contributed by atoms with E-state index >= 15 is 0 Å². The standard InChI is InChI=1S/C27H19NO2/c28-23-16-18-24(19-17-23)30-26-9-5-4-8-25(26)27(29)22-14-12-21(13-15-22)11-10-20-6-2-1-3-7-20/h1-9,12-19H,28H2. The highest BCUT2D eigenvalue weighted by atomic mass is 16.5. The number of ketones is 1. The van der Waals surface area contributed by atoms with Crippen LogP contribution in [0.25, 0.3) is 0 Å². The van der Waals surface area contributed by atoms with Gasteiger partial charge in [-0.15, -0.1) is 0 Å². The molecule has 0 aliphatic heterocycles. The van der Waals surface area contributed by atoms with Gasteiger partial charge in [0.05, 0.1) is 5.56 Å². The van der Waals surface area contributed by atoms with Gasteiger partial charge >= 0.3 is 0 Å². The first-order valence-electron chi connectivity index (χ1n) is 9.53. The van der Waals surface area contributed by atoms with E-state index in [4.69, 9.17) is 10.5 Å². The summed E-state index contributed by atoms with van der Waals surface area (Å²) in [6.45, 7) is 0. The van der Waals surface area contributed by atoms with Crippen LogP contribution >= 0.6 is 0 Å². The molecule has 0 radical (unpaired) electrons. The van der Waals surface area contributed by atoms with Gasteiger partial charge in [0.25, 0.3) is 0 Å². The Morgan fingerprint density at radius 3 is 1.97 bits per heavy atom. The van der Waals surface area contributed by atoms with E-state index in [9.17, 15) is 4.79 Å². The van der Waals surface area contributed by atoms with E-state index < -0.39 is 0 Å². The molecule has 0 heterocycles. The molecular formula is C27H19NO2. The molecule has 144 valence electrons. The second-order valence-electron chi connectivity index (χ2n) is 6.69. The molecule has 0 aliphatic carbocycles. The highest BCUT2D eigenvalue weighted by Crippen LogP contribution is 2.27. The Morgan fingerprint density at radius 1 is 0.667 bits per heavy atom. The van der Waals surface area contributed by atoms with E-state index in [-0.39, 0.29) is 5.78 Å². The summed E-state index contributed by atoms with van der Waals surface area (Å²) in [5.41, 5.74) is 9.25. The maximum absolute atomic E-state index is 13.1. The Morgan fingerprint density at radius 2 is 1.27 bits per heavy atom. The normalized spacial score (nSPS) is 10.0. The first-order chi connectivity index (χ1) is 14.7. The first-order valence-corrected chi connectivity index (χ1v) is 9.53. The van der Waals surface area contributed by atoms with Crippen LogP contribution in [-0.2, 0) is 0 Å². The topological polar surface area (TPSA) is 52.3 Å². The molecule has 0 aliphatic rings. The zero-order valence-corrected chi connectivity index (χ0v) is 16.2. The third-order valence-corrected chi connectivity index (χ3v) is 4.51. The molecule has 3 heteroatoms. The van der Waals surface area contributed by atoms with Gasteiger partial charge in [-0.05, 0) is 72.8 Å². The molecule has 0 atom stereocenters. The lowest BCUT2D eigenvalue weighted by molar-refractivity contribution is 0.103. The van der Waals surface area contributed by atoms with Gasteiger partial charge < -0.3 is 10.5 Å². The number of benzene rings is 4. The maximum Gasteiger partial charge on any atom is 0.196 e. The van der Waals surface area contributed by atoms with Crippen LogP contribution in [0, 0.1) is 11.8 Å². The Hall–Kier alpha value is -4.29. The van der Waals surface area contributed by atoms with Crippen molar-refractivity contribution in [3.05, 3.63) is 125 Å². The number of hydrogen-bond donors (Lipinski definition) is 1. The molecule has 0 saturated heterocycles. The summed E-state index contributed by atoms with van der Waals surface area (Å²) in [7, 11) is 0. The van der Waals surface area contributed by atoms with Crippen LogP contribution in [-0.4, -0.2) is 5.78 Å². The molecule has 0 unspecified atom stereocenters. The molecule has 0 amide bonds. The summed E-state index contributed by atoms with van der Waals surface area (Å²) in [6, 6.07) is 31.3. The number of carbonyl (C=O) groups is 1. The lowest BCUT2D eigenvalue weighted by Gasteiger charge is -2.11. The molecule has 4 rings (SSSR count). The first kappa shape index (κ1) is 19.0. The van der Waals surface area contributed by atoms with Crippen molar-refractivity contribution in [2.45, 2.75) is 0 Å². The van der Waals surface area contributed by atoms with E-state index in [1.54, 1.807) is 48.5 Å². The van der Waals surface area contributed by atoms with Crippen LogP contribution in [0.15, 0.2) is 103 Å². The summed E-state index contributed by atoms with van der Waals surface area (Å²) in [5, 5.41) is 0. The van der Waals surface area contributed by atoms with Gasteiger partial charge in [-0.2, -0.15) is 0 Å². The third-order valence-electron chi connectivity index (χ3n) is 4.51. The lowest BCUT2D eigenvalue weighted by atomic mass is 10.0. The van der Waals surface area contributed by atoms with Crippen LogP contribution in [0.1, 0.15) is 27.0 Å². The summed E-state index contributed by atoms with van der Waals surface area (Å²) in [5.74, 6) is 7.25. The molecule has 0 bridgehead atoms. The van der Waals surface area contributed by atoms with Crippen molar-refractivity contribution in [2.24, 2.45) is 0 Å². The van der Waals surface area contributed by atoms with E-state index in [1.807, 2.05) is 54.6 Å². The molecule has 0 saturated carbocycles. The van der Waals surface area contributed by atoms with Crippen LogP contribution in [0.5, 0.6) is 11.5 Å². The number of rotatable bonds is 4. The number of ether oxygens (including phenoxy) is 1. The van der Waals surface area contributed by atoms with Crippen molar-refractivity contribution in [3.63, 3.8) is 0 Å². The number of nitrogens with two attached hydrogens (primary N) is 1. The fraction of sp³-hybridized carbons (Fsp3) is 0. The Labute approximate surface area is 175 Å². The number of carbonyl (C=O) groups excluding carboxylic acids is 1. The third kappa shape index (κ3) is 4.57. The molecule has 4 aromatic rings. The minimum absolute atomic E-state index is 0.108. The zero-order chi connectivity index (χ0) is 20.8. The van der Waals surface area contributed by atoms with Gasteiger partial charge in [-0.3, -0.25) is 4.79 Å².